The van der Waals surface area contributed by atoms with Crippen LogP contribution in [0.1, 0.15) is 17.1 Å². The molecule has 3 aromatic heterocycles. The lowest BCUT2D eigenvalue weighted by Gasteiger charge is -1.98. The monoisotopic (exact) mass is 275 g/mol. The molecule has 0 amide bonds. The van der Waals surface area contributed by atoms with Crippen LogP contribution in [0.25, 0.3) is 10.8 Å². The Morgan fingerprint density at radius 3 is 2.95 bits per heavy atom. The van der Waals surface area contributed by atoms with Gasteiger partial charge in [0.25, 0.3) is 0 Å². The molecule has 0 spiro atoms. The fourth-order valence-electron chi connectivity index (χ4n) is 1.72. The van der Waals surface area contributed by atoms with E-state index in [0.717, 1.165) is 27.9 Å². The lowest BCUT2D eigenvalue weighted by Crippen LogP contribution is -2.13. The van der Waals surface area contributed by atoms with E-state index in [-0.39, 0.29) is 0 Å². The quantitative estimate of drug-likeness (QED) is 0.775. The van der Waals surface area contributed by atoms with Crippen LogP contribution >= 0.6 is 11.3 Å². The van der Waals surface area contributed by atoms with E-state index in [0.29, 0.717) is 13.1 Å². The molecule has 0 aliphatic heterocycles. The summed E-state index contributed by atoms with van der Waals surface area (Å²) in [5, 5.41) is 10.1. The van der Waals surface area contributed by atoms with E-state index in [1.165, 1.54) is 0 Å². The Morgan fingerprint density at radius 1 is 1.32 bits per heavy atom. The number of hydrogen-bond acceptors (Lipinski definition) is 6. The molecule has 3 aromatic rings. The molecule has 0 aliphatic carbocycles. The van der Waals surface area contributed by atoms with Crippen molar-refractivity contribution in [2.24, 2.45) is 0 Å². The highest BCUT2D eigenvalue weighted by atomic mass is 32.1. The third-order valence-electron chi connectivity index (χ3n) is 2.57. The summed E-state index contributed by atoms with van der Waals surface area (Å²) in [6.45, 7) is 3.25. The van der Waals surface area contributed by atoms with E-state index in [1.807, 2.05) is 30.5 Å². The molecule has 0 saturated carbocycles. The molecule has 5 nitrogen and oxygen atoms in total. The molecule has 0 aromatic carbocycles. The highest BCUT2D eigenvalue weighted by Gasteiger charge is 2.07. The summed E-state index contributed by atoms with van der Waals surface area (Å²) in [6.07, 6.45) is 1.65. The maximum absolute atomic E-state index is 5.31. The van der Waals surface area contributed by atoms with Crippen LogP contribution < -0.4 is 5.32 Å². The van der Waals surface area contributed by atoms with Crippen LogP contribution in [0.4, 0.5) is 0 Å². The fraction of sp³-hybridized carbons (Fsp3) is 0.231. The van der Waals surface area contributed by atoms with Gasteiger partial charge in [-0.15, -0.1) is 11.3 Å². The van der Waals surface area contributed by atoms with Crippen LogP contribution in [0.15, 0.2) is 38.8 Å². The largest absolute Gasteiger partial charge is 0.462 e. The summed E-state index contributed by atoms with van der Waals surface area (Å²) in [4.78, 5) is 4.51. The number of rotatable bonds is 5. The second kappa shape index (κ2) is 5.38. The standard InChI is InChI=1S/C13H13N3O2S/c1-9-5-10(16-18-9)6-14-7-11-8-19-13(15-11)12-3-2-4-17-12/h2-5,8,14H,6-7H2,1H3. The van der Waals surface area contributed by atoms with E-state index < -0.39 is 0 Å². The highest BCUT2D eigenvalue weighted by molar-refractivity contribution is 7.13. The molecular formula is C13H13N3O2S. The summed E-state index contributed by atoms with van der Waals surface area (Å²) in [6, 6.07) is 5.69. The van der Waals surface area contributed by atoms with Gasteiger partial charge in [-0.05, 0) is 19.1 Å². The van der Waals surface area contributed by atoms with Crippen LogP contribution in [-0.4, -0.2) is 10.1 Å². The first-order chi connectivity index (χ1) is 9.31. The average molecular weight is 275 g/mol. The van der Waals surface area contributed by atoms with Gasteiger partial charge in [-0.3, -0.25) is 0 Å². The van der Waals surface area contributed by atoms with Crippen LogP contribution in [0, 0.1) is 6.92 Å². The predicted molar refractivity (Wildman–Crippen MR) is 71.6 cm³/mol. The van der Waals surface area contributed by atoms with Crippen molar-refractivity contribution in [3.8, 4) is 10.8 Å². The average Bonchev–Trinajstić information content (AvgIpc) is 3.09. The lowest BCUT2D eigenvalue weighted by molar-refractivity contribution is 0.388. The number of hydrogen-bond donors (Lipinski definition) is 1. The first-order valence-electron chi connectivity index (χ1n) is 5.92. The normalized spacial score (nSPS) is 11.0. The van der Waals surface area contributed by atoms with E-state index >= 15 is 0 Å². The molecule has 0 aliphatic rings. The Morgan fingerprint density at radius 2 is 2.21 bits per heavy atom. The molecule has 0 bridgehead atoms. The summed E-state index contributed by atoms with van der Waals surface area (Å²) in [5.41, 5.74) is 1.90. The zero-order valence-corrected chi connectivity index (χ0v) is 11.2. The number of aromatic nitrogens is 2. The van der Waals surface area contributed by atoms with Crippen molar-refractivity contribution < 1.29 is 8.94 Å². The predicted octanol–water partition coefficient (Wildman–Crippen LogP) is 2.99. The van der Waals surface area contributed by atoms with E-state index in [9.17, 15) is 0 Å². The number of nitrogens with zero attached hydrogens (tertiary/aromatic N) is 2. The van der Waals surface area contributed by atoms with Crippen LogP contribution in [0.5, 0.6) is 0 Å². The Bertz CT molecular complexity index is 642. The first kappa shape index (κ1) is 12.1. The third kappa shape index (κ3) is 2.91. The van der Waals surface area contributed by atoms with Crippen molar-refractivity contribution in [2.45, 2.75) is 20.0 Å². The molecule has 0 fully saturated rings. The molecule has 0 unspecified atom stereocenters. The molecule has 6 heteroatoms. The van der Waals surface area contributed by atoms with Gasteiger partial charge in [0.15, 0.2) is 10.8 Å². The van der Waals surface area contributed by atoms with Gasteiger partial charge in [-0.25, -0.2) is 4.98 Å². The first-order valence-corrected chi connectivity index (χ1v) is 6.80. The van der Waals surface area contributed by atoms with Gasteiger partial charge in [-0.1, -0.05) is 5.16 Å². The Balaban J connectivity index is 1.56. The Hall–Kier alpha value is -1.92. The minimum absolute atomic E-state index is 0.672. The molecular weight excluding hydrogens is 262 g/mol. The summed E-state index contributed by atoms with van der Waals surface area (Å²) < 4.78 is 10.3. The lowest BCUT2D eigenvalue weighted by atomic mass is 10.3. The van der Waals surface area contributed by atoms with Crippen LogP contribution in [0.2, 0.25) is 0 Å². The van der Waals surface area contributed by atoms with Crippen molar-refractivity contribution in [2.75, 3.05) is 0 Å². The van der Waals surface area contributed by atoms with E-state index in [4.69, 9.17) is 8.94 Å². The molecule has 1 N–H and O–H groups in total. The Labute approximate surface area is 114 Å². The molecule has 0 atom stereocenters. The maximum Gasteiger partial charge on any atom is 0.162 e. The molecule has 19 heavy (non-hydrogen) atoms. The Kier molecular flexibility index (Phi) is 3.43. The molecule has 3 rings (SSSR count). The van der Waals surface area contributed by atoms with E-state index in [2.05, 4.69) is 15.5 Å². The van der Waals surface area contributed by atoms with Gasteiger partial charge >= 0.3 is 0 Å². The van der Waals surface area contributed by atoms with E-state index in [1.54, 1.807) is 17.6 Å². The minimum atomic E-state index is 0.672. The van der Waals surface area contributed by atoms with Gasteiger partial charge in [0.1, 0.15) is 5.76 Å². The van der Waals surface area contributed by atoms with Gasteiger partial charge < -0.3 is 14.3 Å². The third-order valence-corrected chi connectivity index (χ3v) is 3.48. The summed E-state index contributed by atoms with van der Waals surface area (Å²) >= 11 is 1.58. The number of nitrogens with one attached hydrogen (secondary N) is 1. The summed E-state index contributed by atoms with van der Waals surface area (Å²) in [7, 11) is 0. The van der Waals surface area contributed by atoms with Gasteiger partial charge in [0.2, 0.25) is 0 Å². The van der Waals surface area contributed by atoms with Gasteiger partial charge in [-0.2, -0.15) is 0 Å². The second-order valence-corrected chi connectivity index (χ2v) is 5.01. The SMILES string of the molecule is Cc1cc(CNCc2csc(-c3ccco3)n2)no1. The second-order valence-electron chi connectivity index (χ2n) is 4.15. The van der Waals surface area contributed by atoms with Gasteiger partial charge in [0, 0.05) is 24.5 Å². The van der Waals surface area contributed by atoms with Crippen molar-refractivity contribution in [1.82, 2.24) is 15.5 Å². The van der Waals surface area contributed by atoms with Gasteiger partial charge in [0.05, 0.1) is 17.7 Å². The zero-order valence-electron chi connectivity index (χ0n) is 10.4. The number of thiazole rings is 1. The van der Waals surface area contributed by atoms with Crippen molar-refractivity contribution in [3.05, 3.63) is 47.0 Å². The zero-order chi connectivity index (χ0) is 13.1. The maximum atomic E-state index is 5.31. The summed E-state index contributed by atoms with van der Waals surface area (Å²) in [5.74, 6) is 1.63. The fourth-order valence-corrected chi connectivity index (χ4v) is 2.51. The smallest absolute Gasteiger partial charge is 0.162 e. The topological polar surface area (TPSA) is 64.1 Å². The van der Waals surface area contributed by atoms with Crippen molar-refractivity contribution >= 4 is 11.3 Å². The van der Waals surface area contributed by atoms with Crippen molar-refractivity contribution in [1.29, 1.82) is 0 Å². The molecule has 98 valence electrons. The molecule has 3 heterocycles. The molecule has 0 saturated heterocycles. The number of furan rings is 1. The molecule has 0 radical (unpaired) electrons. The minimum Gasteiger partial charge on any atom is -0.462 e. The number of aryl methyl sites for hydroxylation is 1. The van der Waals surface area contributed by atoms with Crippen molar-refractivity contribution in [3.63, 3.8) is 0 Å². The van der Waals surface area contributed by atoms with Crippen LogP contribution in [0.3, 0.4) is 0 Å². The van der Waals surface area contributed by atoms with Crippen LogP contribution in [-0.2, 0) is 13.1 Å². The highest BCUT2D eigenvalue weighted by Crippen LogP contribution is 2.23.